The van der Waals surface area contributed by atoms with Crippen LogP contribution in [0.4, 0.5) is 0 Å². The summed E-state index contributed by atoms with van der Waals surface area (Å²) < 4.78 is 20.9. The Morgan fingerprint density at radius 2 is 1.81 bits per heavy atom. The number of fused-ring (bicyclic) bond motifs is 1. The summed E-state index contributed by atoms with van der Waals surface area (Å²) in [5, 5.41) is 10.3. The van der Waals surface area contributed by atoms with Crippen LogP contribution in [0.1, 0.15) is 0 Å². The molecule has 0 heterocycles. The maximum Gasteiger partial charge on any atom is 0.337 e. The SMILES string of the molecule is COc1ccc2cc(OC)c(OC)c(OC(=O)CO)c2c1. The summed E-state index contributed by atoms with van der Waals surface area (Å²) in [4.78, 5) is 11.4. The highest BCUT2D eigenvalue weighted by atomic mass is 16.6. The van der Waals surface area contributed by atoms with Gasteiger partial charge in [0.2, 0.25) is 5.75 Å². The molecule has 1 N–H and O–H groups in total. The van der Waals surface area contributed by atoms with Crippen molar-refractivity contribution in [3.63, 3.8) is 0 Å². The predicted molar refractivity (Wildman–Crippen MR) is 76.3 cm³/mol. The molecule has 0 spiro atoms. The summed E-state index contributed by atoms with van der Waals surface area (Å²) in [6.45, 7) is -0.730. The van der Waals surface area contributed by atoms with Gasteiger partial charge in [0.05, 0.1) is 21.3 Å². The lowest BCUT2D eigenvalue weighted by Crippen LogP contribution is -2.13. The van der Waals surface area contributed by atoms with Crippen molar-refractivity contribution in [1.82, 2.24) is 0 Å². The fraction of sp³-hybridized carbons (Fsp3) is 0.267. The molecule has 0 aromatic heterocycles. The Morgan fingerprint density at radius 1 is 1.05 bits per heavy atom. The van der Waals surface area contributed by atoms with Gasteiger partial charge in [-0.15, -0.1) is 0 Å². The topological polar surface area (TPSA) is 74.2 Å². The Bertz CT molecular complexity index is 665. The monoisotopic (exact) mass is 292 g/mol. The molecule has 0 aliphatic heterocycles. The molecule has 0 bridgehead atoms. The predicted octanol–water partition coefficient (Wildman–Crippen LogP) is 1.76. The summed E-state index contributed by atoms with van der Waals surface area (Å²) >= 11 is 0. The molecule has 0 aliphatic rings. The lowest BCUT2D eigenvalue weighted by molar-refractivity contribution is -0.137. The first-order chi connectivity index (χ1) is 10.1. The zero-order chi connectivity index (χ0) is 15.4. The fourth-order valence-electron chi connectivity index (χ4n) is 2.02. The van der Waals surface area contributed by atoms with Crippen LogP contribution < -0.4 is 18.9 Å². The van der Waals surface area contributed by atoms with Crippen LogP contribution in [0.15, 0.2) is 24.3 Å². The molecule has 6 heteroatoms. The van der Waals surface area contributed by atoms with E-state index in [0.717, 1.165) is 5.39 Å². The van der Waals surface area contributed by atoms with E-state index in [-0.39, 0.29) is 11.5 Å². The number of aliphatic hydroxyl groups is 1. The normalized spacial score (nSPS) is 10.3. The number of hydrogen-bond donors (Lipinski definition) is 1. The molecule has 0 fully saturated rings. The van der Waals surface area contributed by atoms with Crippen molar-refractivity contribution in [2.45, 2.75) is 0 Å². The largest absolute Gasteiger partial charge is 0.497 e. The zero-order valence-electron chi connectivity index (χ0n) is 12.0. The third-order valence-electron chi connectivity index (χ3n) is 2.99. The van der Waals surface area contributed by atoms with Gasteiger partial charge in [-0.3, -0.25) is 0 Å². The Balaban J connectivity index is 2.74. The second kappa shape index (κ2) is 6.32. The van der Waals surface area contributed by atoms with Crippen LogP contribution in [0.5, 0.6) is 23.0 Å². The smallest absolute Gasteiger partial charge is 0.337 e. The Kier molecular flexibility index (Phi) is 4.49. The van der Waals surface area contributed by atoms with Gasteiger partial charge in [-0.25, -0.2) is 4.79 Å². The Labute approximate surface area is 121 Å². The van der Waals surface area contributed by atoms with E-state index >= 15 is 0 Å². The molecule has 2 aromatic carbocycles. The van der Waals surface area contributed by atoms with Gasteiger partial charge in [-0.1, -0.05) is 6.07 Å². The maximum absolute atomic E-state index is 11.4. The highest BCUT2D eigenvalue weighted by molar-refractivity contribution is 5.96. The Hall–Kier alpha value is -2.47. The van der Waals surface area contributed by atoms with Gasteiger partial charge in [-0.05, 0) is 23.6 Å². The molecular weight excluding hydrogens is 276 g/mol. The third-order valence-corrected chi connectivity index (χ3v) is 2.99. The van der Waals surface area contributed by atoms with Crippen molar-refractivity contribution in [3.8, 4) is 23.0 Å². The lowest BCUT2D eigenvalue weighted by atomic mass is 10.1. The summed E-state index contributed by atoms with van der Waals surface area (Å²) in [6.07, 6.45) is 0. The van der Waals surface area contributed by atoms with Crippen LogP contribution in [-0.4, -0.2) is 39.0 Å². The van der Waals surface area contributed by atoms with Crippen LogP contribution in [-0.2, 0) is 4.79 Å². The molecule has 6 nitrogen and oxygen atoms in total. The van der Waals surface area contributed by atoms with Gasteiger partial charge >= 0.3 is 5.97 Å². The van der Waals surface area contributed by atoms with Crippen molar-refractivity contribution in [3.05, 3.63) is 24.3 Å². The van der Waals surface area contributed by atoms with Gasteiger partial charge in [-0.2, -0.15) is 0 Å². The van der Waals surface area contributed by atoms with Crippen molar-refractivity contribution < 1.29 is 28.8 Å². The Morgan fingerprint density at radius 3 is 2.38 bits per heavy atom. The molecule has 21 heavy (non-hydrogen) atoms. The van der Waals surface area contributed by atoms with Gasteiger partial charge in [0, 0.05) is 5.39 Å². The second-order valence-corrected chi connectivity index (χ2v) is 4.16. The number of ether oxygens (including phenoxy) is 4. The number of carbonyl (C=O) groups is 1. The summed E-state index contributed by atoms with van der Waals surface area (Å²) in [6, 6.07) is 7.08. The number of carbonyl (C=O) groups excluding carboxylic acids is 1. The minimum atomic E-state index is -0.786. The van der Waals surface area contributed by atoms with E-state index in [1.807, 2.05) is 6.07 Å². The number of esters is 1. The standard InChI is InChI=1S/C15H16O6/c1-18-10-5-4-9-6-12(19-2)15(20-3)14(11(9)7-10)21-13(17)8-16/h4-7,16H,8H2,1-3H3. The van der Waals surface area contributed by atoms with Gasteiger partial charge in [0.1, 0.15) is 12.4 Å². The van der Waals surface area contributed by atoms with Crippen molar-refractivity contribution >= 4 is 16.7 Å². The van der Waals surface area contributed by atoms with Crippen molar-refractivity contribution in [2.24, 2.45) is 0 Å². The first-order valence-corrected chi connectivity index (χ1v) is 6.18. The van der Waals surface area contributed by atoms with E-state index in [1.54, 1.807) is 25.3 Å². The van der Waals surface area contributed by atoms with E-state index in [4.69, 9.17) is 24.1 Å². The minimum Gasteiger partial charge on any atom is -0.497 e. The molecule has 0 aliphatic carbocycles. The summed E-state index contributed by atoms with van der Waals surface area (Å²) in [7, 11) is 4.48. The lowest BCUT2D eigenvalue weighted by Gasteiger charge is -2.15. The number of benzene rings is 2. The highest BCUT2D eigenvalue weighted by Crippen LogP contribution is 2.44. The number of hydrogen-bond acceptors (Lipinski definition) is 6. The molecule has 0 radical (unpaired) electrons. The number of aliphatic hydroxyl groups excluding tert-OH is 1. The first kappa shape index (κ1) is 14.9. The van der Waals surface area contributed by atoms with Crippen LogP contribution in [0.3, 0.4) is 0 Å². The molecule has 0 atom stereocenters. The highest BCUT2D eigenvalue weighted by Gasteiger charge is 2.19. The average molecular weight is 292 g/mol. The number of rotatable bonds is 5. The molecular formula is C15H16O6. The molecule has 112 valence electrons. The van der Waals surface area contributed by atoms with Crippen molar-refractivity contribution in [2.75, 3.05) is 27.9 Å². The second-order valence-electron chi connectivity index (χ2n) is 4.16. The summed E-state index contributed by atoms with van der Waals surface area (Å²) in [5.74, 6) is 0.711. The van der Waals surface area contributed by atoms with E-state index < -0.39 is 12.6 Å². The quantitative estimate of drug-likeness (QED) is 0.668. The van der Waals surface area contributed by atoms with Crippen molar-refractivity contribution in [1.29, 1.82) is 0 Å². The van der Waals surface area contributed by atoms with E-state index in [1.165, 1.54) is 14.2 Å². The molecule has 0 unspecified atom stereocenters. The first-order valence-electron chi connectivity index (χ1n) is 6.18. The minimum absolute atomic E-state index is 0.185. The third kappa shape index (κ3) is 2.85. The maximum atomic E-state index is 11.4. The van der Waals surface area contributed by atoms with Crippen LogP contribution in [0, 0.1) is 0 Å². The van der Waals surface area contributed by atoms with Gasteiger partial charge < -0.3 is 24.1 Å². The van der Waals surface area contributed by atoms with E-state index in [0.29, 0.717) is 16.9 Å². The molecule has 2 rings (SSSR count). The van der Waals surface area contributed by atoms with Crippen LogP contribution >= 0.6 is 0 Å². The summed E-state index contributed by atoms with van der Waals surface area (Å²) in [5.41, 5.74) is 0. The molecule has 0 saturated heterocycles. The van der Waals surface area contributed by atoms with E-state index in [2.05, 4.69) is 0 Å². The van der Waals surface area contributed by atoms with Gasteiger partial charge in [0.15, 0.2) is 11.5 Å². The van der Waals surface area contributed by atoms with Gasteiger partial charge in [0.25, 0.3) is 0 Å². The molecule has 0 amide bonds. The molecule has 2 aromatic rings. The zero-order valence-corrected chi connectivity index (χ0v) is 12.0. The molecule has 0 saturated carbocycles. The van der Waals surface area contributed by atoms with Crippen LogP contribution in [0.25, 0.3) is 10.8 Å². The average Bonchev–Trinajstić information content (AvgIpc) is 2.53. The fourth-order valence-corrected chi connectivity index (χ4v) is 2.02. The van der Waals surface area contributed by atoms with E-state index in [9.17, 15) is 4.79 Å². The van der Waals surface area contributed by atoms with Crippen LogP contribution in [0.2, 0.25) is 0 Å². The number of methoxy groups -OCH3 is 3.